The molecule has 21 heteroatoms. The van der Waals surface area contributed by atoms with Gasteiger partial charge in [0, 0.05) is 18.9 Å². The van der Waals surface area contributed by atoms with Crippen molar-refractivity contribution >= 4 is 63.3 Å². The van der Waals surface area contributed by atoms with Gasteiger partial charge in [-0.3, -0.25) is 14.4 Å². The van der Waals surface area contributed by atoms with Crippen molar-refractivity contribution in [2.24, 2.45) is 0 Å². The number of aryl methyl sites for hydroxylation is 1. The molecule has 4 rings (SSSR count). The van der Waals surface area contributed by atoms with Crippen LogP contribution in [0.1, 0.15) is 68.3 Å². The first-order valence-corrected chi connectivity index (χ1v) is 22.5. The van der Waals surface area contributed by atoms with Gasteiger partial charge in [-0.2, -0.15) is 4.31 Å². The summed E-state index contributed by atoms with van der Waals surface area (Å²) in [5, 5.41) is 13.5. The minimum Gasteiger partial charge on any atom is -0.592 e. The van der Waals surface area contributed by atoms with Gasteiger partial charge in [0.1, 0.15) is 23.4 Å². The third-order valence-corrected chi connectivity index (χ3v) is 14.0. The maximum atomic E-state index is 14.6. The fraction of sp³-hybridized carbons (Fsp3) is 0.600. The number of nitrogens with zero attached hydrogens (tertiary/aromatic N) is 2. The van der Waals surface area contributed by atoms with E-state index in [0.29, 0.717) is 80.9 Å². The fourth-order valence-electron chi connectivity index (χ4n) is 6.09. The Balaban J connectivity index is 1.40. The number of amides is 1. The number of allylic oxidation sites excluding steroid dienone is 3. The van der Waals surface area contributed by atoms with Crippen molar-refractivity contribution in [3.63, 3.8) is 0 Å². The number of carbonyl (C=O) groups excluding carboxylic acids is 4. The first kappa shape index (κ1) is 50.2. The molecular formula is C40H54N2O16S3. The summed E-state index contributed by atoms with van der Waals surface area (Å²) in [5.41, 5.74) is -1.37. The molecule has 338 valence electrons. The van der Waals surface area contributed by atoms with Crippen LogP contribution in [0.2, 0.25) is 0 Å². The molecule has 1 fully saturated rings. The fourth-order valence-corrected chi connectivity index (χ4v) is 10.0. The predicted molar refractivity (Wildman–Crippen MR) is 224 cm³/mol. The van der Waals surface area contributed by atoms with Gasteiger partial charge in [-0.25, -0.2) is 14.6 Å². The molecule has 1 N–H and O–H groups in total. The number of ketones is 1. The lowest BCUT2D eigenvalue weighted by molar-refractivity contribution is -0.156. The Morgan fingerprint density at radius 3 is 2.20 bits per heavy atom. The molecule has 2 aliphatic heterocycles. The lowest BCUT2D eigenvalue weighted by atomic mass is 9.81. The van der Waals surface area contributed by atoms with Gasteiger partial charge in [-0.1, -0.05) is 29.5 Å². The average Bonchev–Trinajstić information content (AvgIpc) is 3.90. The van der Waals surface area contributed by atoms with E-state index in [4.69, 9.17) is 42.0 Å². The van der Waals surface area contributed by atoms with Gasteiger partial charge >= 0.3 is 11.8 Å². The number of thioether (sulfide) groups is 1. The first-order valence-electron chi connectivity index (χ1n) is 19.5. The van der Waals surface area contributed by atoms with Gasteiger partial charge < -0.3 is 51.7 Å². The van der Waals surface area contributed by atoms with Gasteiger partial charge in [0.15, 0.2) is 28.0 Å². The van der Waals surface area contributed by atoms with E-state index in [1.54, 1.807) is 38.5 Å². The molecule has 1 unspecified atom stereocenters. The second-order valence-corrected chi connectivity index (χ2v) is 17.6. The van der Waals surface area contributed by atoms with Crippen LogP contribution in [0.5, 0.6) is 0 Å². The summed E-state index contributed by atoms with van der Waals surface area (Å²) in [5.74, 6) is -2.82. The number of aliphatic hydroxyl groups is 1. The molecule has 1 saturated heterocycles. The van der Waals surface area contributed by atoms with Crippen molar-refractivity contribution in [3.05, 3.63) is 68.1 Å². The SMILES string of the molecule is COCCOCCOCCOCCOCCOCC(=O)O[C@@H]1/C=C(/C)CC[C@]2([C@@](C)(O)C(=O)SCc3oc(=O)oc3C)CC(=O)N([C@H](C)c3nc(cs3)/C=C\C=C/C1=O)[S+]2[O-]. The molecule has 0 spiro atoms. The monoisotopic (exact) mass is 914 g/mol. The highest BCUT2D eigenvalue weighted by molar-refractivity contribution is 8.13. The van der Waals surface area contributed by atoms with Crippen molar-refractivity contribution in [2.45, 2.75) is 75.2 Å². The van der Waals surface area contributed by atoms with Crippen LogP contribution >= 0.6 is 23.1 Å². The van der Waals surface area contributed by atoms with Crippen molar-refractivity contribution in [1.29, 1.82) is 0 Å². The topological polar surface area (TPSA) is 236 Å². The molecule has 2 aromatic rings. The van der Waals surface area contributed by atoms with E-state index in [1.165, 1.54) is 43.4 Å². The van der Waals surface area contributed by atoms with E-state index in [-0.39, 0.29) is 43.3 Å². The van der Waals surface area contributed by atoms with Crippen LogP contribution in [0, 0.1) is 6.92 Å². The summed E-state index contributed by atoms with van der Waals surface area (Å²) in [7, 11) is 1.61. The zero-order chi connectivity index (χ0) is 44.4. The normalized spacial score (nSPS) is 23.9. The number of hydrogen-bond acceptors (Lipinski definition) is 19. The van der Waals surface area contributed by atoms with E-state index in [9.17, 15) is 33.6 Å². The summed E-state index contributed by atoms with van der Waals surface area (Å²) in [6.07, 6.45) is 5.40. The summed E-state index contributed by atoms with van der Waals surface area (Å²) in [6.45, 7) is 9.20. The van der Waals surface area contributed by atoms with Crippen molar-refractivity contribution in [3.8, 4) is 0 Å². The molecule has 4 bridgehead atoms. The number of carbonyl (C=O) groups is 4. The molecule has 4 heterocycles. The van der Waals surface area contributed by atoms with Crippen LogP contribution in [-0.4, -0.2) is 138 Å². The second kappa shape index (κ2) is 25.0. The lowest BCUT2D eigenvalue weighted by Crippen LogP contribution is -2.60. The van der Waals surface area contributed by atoms with Crippen LogP contribution in [0.25, 0.3) is 6.08 Å². The number of esters is 1. The Bertz CT molecular complexity index is 1900. The zero-order valence-corrected chi connectivity index (χ0v) is 37.4. The molecule has 0 radical (unpaired) electrons. The standard InChI is InChI=1S/C40H54N2O16S3/c1-27-10-11-40(39(4,48)37(46)60-26-33-29(3)56-38(47)58-33)23-34(44)42(61(40)49)28(2)36-41-30(25-59-36)8-6-7-9-31(43)32(22-27)57-35(45)24-55-21-20-54-19-18-53-17-16-52-15-14-51-13-12-50-5/h6-9,22,25,28,32,48H,10-21,23-24,26H2,1-5H3/b8-6-,9-7-,27-22-/t28-,32-,39+,40-,61?/m1/s1. The summed E-state index contributed by atoms with van der Waals surface area (Å²) >= 11 is -0.424. The molecular weight excluding hydrogens is 861 g/mol. The van der Waals surface area contributed by atoms with E-state index in [2.05, 4.69) is 4.98 Å². The Labute approximate surface area is 365 Å². The van der Waals surface area contributed by atoms with Gasteiger partial charge in [-0.05, 0) is 52.3 Å². The van der Waals surface area contributed by atoms with Gasteiger partial charge in [0.25, 0.3) is 5.91 Å². The predicted octanol–water partition coefficient (Wildman–Crippen LogP) is 3.42. The van der Waals surface area contributed by atoms with Gasteiger partial charge in [0.2, 0.25) is 5.12 Å². The highest BCUT2D eigenvalue weighted by atomic mass is 32.2. The van der Waals surface area contributed by atoms with Crippen LogP contribution in [0.15, 0.2) is 48.9 Å². The number of hydrogen-bond donors (Lipinski definition) is 1. The Hall–Kier alpha value is -3.48. The smallest absolute Gasteiger partial charge is 0.519 e. The summed E-state index contributed by atoms with van der Waals surface area (Å²) in [6, 6.07) is -0.779. The van der Waals surface area contributed by atoms with Crippen LogP contribution in [0.3, 0.4) is 0 Å². The third-order valence-electron chi connectivity index (χ3n) is 9.58. The van der Waals surface area contributed by atoms with Gasteiger partial charge in [-0.15, -0.1) is 11.3 Å². The molecule has 0 aromatic carbocycles. The molecule has 2 aromatic heterocycles. The number of rotatable bonds is 22. The maximum absolute atomic E-state index is 14.6. The number of methoxy groups -OCH3 is 1. The summed E-state index contributed by atoms with van der Waals surface area (Å²) < 4.78 is 61.3. The lowest BCUT2D eigenvalue weighted by Gasteiger charge is -2.40. The molecule has 0 aliphatic carbocycles. The third kappa shape index (κ3) is 14.5. The molecule has 0 saturated carbocycles. The first-order chi connectivity index (χ1) is 29.2. The molecule has 18 nitrogen and oxygen atoms in total. The maximum Gasteiger partial charge on any atom is 0.519 e. The largest absolute Gasteiger partial charge is 0.592 e. The number of ether oxygens (including phenoxy) is 7. The quantitative estimate of drug-likeness (QED) is 0.0771. The van der Waals surface area contributed by atoms with E-state index >= 15 is 0 Å². The van der Waals surface area contributed by atoms with Crippen LogP contribution < -0.4 is 5.82 Å². The van der Waals surface area contributed by atoms with Crippen LogP contribution in [0.4, 0.5) is 0 Å². The van der Waals surface area contributed by atoms with E-state index in [1.807, 2.05) is 0 Å². The molecule has 1 amide bonds. The van der Waals surface area contributed by atoms with Gasteiger partial charge in [0.05, 0.1) is 95.3 Å². The zero-order valence-electron chi connectivity index (χ0n) is 34.9. The van der Waals surface area contributed by atoms with E-state index in [0.717, 1.165) is 4.31 Å². The Morgan fingerprint density at radius 1 is 0.984 bits per heavy atom. The number of thiazole rings is 1. The number of aromatic nitrogens is 1. The minimum absolute atomic E-state index is 0.0340. The summed E-state index contributed by atoms with van der Waals surface area (Å²) in [4.78, 5) is 70.1. The molecule has 5 atom stereocenters. The Kier molecular flexibility index (Phi) is 20.5. The van der Waals surface area contributed by atoms with E-state index < -0.39 is 75.5 Å². The molecule has 61 heavy (non-hydrogen) atoms. The highest BCUT2D eigenvalue weighted by Crippen LogP contribution is 2.50. The average molecular weight is 915 g/mol. The van der Waals surface area contributed by atoms with Crippen LogP contribution in [-0.2, 0) is 69.5 Å². The molecule has 2 aliphatic rings. The minimum atomic E-state index is -2.36. The Morgan fingerprint density at radius 2 is 1.59 bits per heavy atom. The second-order valence-electron chi connectivity index (χ2n) is 14.0. The number of fused-ring (bicyclic) bond motifs is 4. The highest BCUT2D eigenvalue weighted by Gasteiger charge is 2.69. The van der Waals surface area contributed by atoms with Crippen molar-refractivity contribution in [1.82, 2.24) is 9.29 Å². The van der Waals surface area contributed by atoms with Crippen molar-refractivity contribution in [2.75, 3.05) is 79.8 Å². The van der Waals surface area contributed by atoms with Crippen molar-refractivity contribution < 1.29 is 70.8 Å².